The van der Waals surface area contributed by atoms with Gasteiger partial charge in [-0.15, -0.1) is 17.9 Å². The smallest absolute Gasteiger partial charge is 0.312 e. The predicted molar refractivity (Wildman–Crippen MR) is 136 cm³/mol. The highest BCUT2D eigenvalue weighted by atomic mass is 32.1. The minimum absolute atomic E-state index is 0.0329. The highest BCUT2D eigenvalue weighted by Crippen LogP contribution is 2.37. The van der Waals surface area contributed by atoms with Crippen LogP contribution in [0.2, 0.25) is 0 Å². The number of hydrogen-bond donors (Lipinski definition) is 2. The second-order valence-corrected chi connectivity index (χ2v) is 11.4. The number of aliphatic hydroxyl groups excluding tert-OH is 2. The summed E-state index contributed by atoms with van der Waals surface area (Å²) in [5.74, 6) is -2.25. The third kappa shape index (κ3) is 6.86. The second-order valence-electron chi connectivity index (χ2n) is 10.3. The Morgan fingerprint density at radius 2 is 1.97 bits per heavy atom. The number of aromatic nitrogens is 1. The number of aryl methyl sites for hydroxylation is 1. The van der Waals surface area contributed by atoms with Gasteiger partial charge in [0.2, 0.25) is 0 Å². The lowest BCUT2D eigenvalue weighted by Gasteiger charge is -2.37. The van der Waals surface area contributed by atoms with E-state index in [2.05, 4.69) is 11.6 Å². The number of ether oxygens (including phenoxy) is 1. The van der Waals surface area contributed by atoms with E-state index in [0.29, 0.717) is 19.3 Å². The number of rotatable bonds is 6. The maximum absolute atomic E-state index is 13.4. The number of aliphatic hydroxyl groups is 2. The lowest BCUT2D eigenvalue weighted by Crippen LogP contribution is -2.49. The zero-order valence-electron chi connectivity index (χ0n) is 21.4. The molecule has 1 aliphatic carbocycles. The first-order valence-corrected chi connectivity index (χ1v) is 13.1. The van der Waals surface area contributed by atoms with Gasteiger partial charge in [-0.25, -0.2) is 4.98 Å². The Bertz CT molecular complexity index is 889. The molecule has 0 amide bonds. The summed E-state index contributed by atoms with van der Waals surface area (Å²) >= 11 is 1.55. The van der Waals surface area contributed by atoms with E-state index < -0.39 is 41.5 Å². The fraction of sp³-hybridized carbons (Fsp3) is 0.667. The van der Waals surface area contributed by atoms with Crippen molar-refractivity contribution in [2.75, 3.05) is 0 Å². The maximum atomic E-state index is 13.4. The van der Waals surface area contributed by atoms with Crippen LogP contribution in [0.3, 0.4) is 0 Å². The van der Waals surface area contributed by atoms with Gasteiger partial charge in [0.15, 0.2) is 0 Å². The molecule has 7 heteroatoms. The SMILES string of the molecule is C=CC[C@@H](OC(=O)[C@H]1CCCC[C@H](C)[C@H](O)[C@@H](C)C(=O)C(C)(C)[C@H]1O)/C(C)=C/c1csc(C)n1. The Morgan fingerprint density at radius 3 is 2.56 bits per heavy atom. The van der Waals surface area contributed by atoms with Gasteiger partial charge in [0.25, 0.3) is 0 Å². The molecule has 190 valence electrons. The van der Waals surface area contributed by atoms with Crippen LogP contribution >= 0.6 is 11.3 Å². The summed E-state index contributed by atoms with van der Waals surface area (Å²) < 4.78 is 5.92. The van der Waals surface area contributed by atoms with Crippen molar-refractivity contribution in [2.24, 2.45) is 23.2 Å². The Balaban J connectivity index is 2.30. The second kappa shape index (κ2) is 12.2. The summed E-state index contributed by atoms with van der Waals surface area (Å²) in [7, 11) is 0. The van der Waals surface area contributed by atoms with Crippen LogP contribution in [0.5, 0.6) is 0 Å². The lowest BCUT2D eigenvalue weighted by molar-refractivity contribution is -0.163. The molecule has 1 saturated carbocycles. The molecule has 1 aromatic rings. The molecule has 6 atom stereocenters. The van der Waals surface area contributed by atoms with Gasteiger partial charge in [0.05, 0.1) is 34.2 Å². The monoisotopic (exact) mass is 491 g/mol. The molecular formula is C27H41NO5S. The van der Waals surface area contributed by atoms with Crippen LogP contribution in [-0.4, -0.2) is 45.3 Å². The molecular weight excluding hydrogens is 450 g/mol. The van der Waals surface area contributed by atoms with Crippen LogP contribution < -0.4 is 0 Å². The number of nitrogens with zero attached hydrogens (tertiary/aromatic N) is 1. The lowest BCUT2D eigenvalue weighted by atomic mass is 9.70. The molecule has 34 heavy (non-hydrogen) atoms. The van der Waals surface area contributed by atoms with Gasteiger partial charge in [-0.3, -0.25) is 9.59 Å². The van der Waals surface area contributed by atoms with Crippen molar-refractivity contribution < 1.29 is 24.5 Å². The Kier molecular flexibility index (Phi) is 10.2. The average Bonchev–Trinajstić information content (AvgIpc) is 3.19. The zero-order valence-corrected chi connectivity index (χ0v) is 22.2. The fourth-order valence-corrected chi connectivity index (χ4v) is 5.34. The van der Waals surface area contributed by atoms with Gasteiger partial charge in [-0.05, 0) is 44.3 Å². The molecule has 0 bridgehead atoms. The number of thiazole rings is 1. The number of esters is 1. The molecule has 0 radical (unpaired) electrons. The highest BCUT2D eigenvalue weighted by Gasteiger charge is 2.47. The standard InChI is InChI=1S/C27H41NO5S/c1-8-11-22(17(3)14-20-15-34-19(5)28-20)33-26(32)21-13-10-9-12-16(2)23(29)18(4)24(30)27(6,7)25(21)31/h8,14-16,18,21-23,25,29,31H,1,9-13H2,2-7H3/b17-14+/t16-,18+,21-,22+,23-,25-/m0/s1. The molecule has 0 saturated heterocycles. The van der Waals surface area contributed by atoms with Crippen LogP contribution in [0, 0.1) is 30.1 Å². The van der Waals surface area contributed by atoms with Crippen LogP contribution in [0.15, 0.2) is 23.6 Å². The van der Waals surface area contributed by atoms with Crippen LogP contribution in [-0.2, 0) is 14.3 Å². The largest absolute Gasteiger partial charge is 0.457 e. The topological polar surface area (TPSA) is 96.7 Å². The predicted octanol–water partition coefficient (Wildman–Crippen LogP) is 5.12. The molecule has 2 N–H and O–H groups in total. The highest BCUT2D eigenvalue weighted by molar-refractivity contribution is 7.09. The first-order valence-electron chi connectivity index (χ1n) is 12.2. The van der Waals surface area contributed by atoms with Gasteiger partial charge < -0.3 is 14.9 Å². The molecule has 0 aromatic carbocycles. The van der Waals surface area contributed by atoms with Crippen molar-refractivity contribution in [3.8, 4) is 0 Å². The molecule has 1 aromatic heterocycles. The summed E-state index contributed by atoms with van der Waals surface area (Å²) in [6, 6.07) is 0. The van der Waals surface area contributed by atoms with Crippen molar-refractivity contribution in [2.45, 2.75) is 92.0 Å². The van der Waals surface area contributed by atoms with Gasteiger partial charge in [-0.1, -0.05) is 46.6 Å². The maximum Gasteiger partial charge on any atom is 0.312 e. The molecule has 0 aliphatic heterocycles. The van der Waals surface area contributed by atoms with E-state index in [4.69, 9.17) is 4.74 Å². The van der Waals surface area contributed by atoms with E-state index in [0.717, 1.165) is 29.1 Å². The Hall–Kier alpha value is -1.83. The summed E-state index contributed by atoms with van der Waals surface area (Å²) in [4.78, 5) is 31.1. The van der Waals surface area contributed by atoms with E-state index in [1.165, 1.54) is 0 Å². The summed E-state index contributed by atoms with van der Waals surface area (Å²) in [6.07, 6.45) is 4.19. The van der Waals surface area contributed by atoms with Crippen LogP contribution in [0.1, 0.15) is 77.4 Å². The Labute approximate surface area is 208 Å². The fourth-order valence-electron chi connectivity index (χ4n) is 4.77. The van der Waals surface area contributed by atoms with Crippen LogP contribution in [0.25, 0.3) is 6.08 Å². The van der Waals surface area contributed by atoms with Crippen LogP contribution in [0.4, 0.5) is 0 Å². The van der Waals surface area contributed by atoms with Gasteiger partial charge in [0, 0.05) is 17.7 Å². The number of carbonyl (C=O) groups excluding carboxylic acids is 2. The number of Topliss-reactive ketones (excluding diaryl/α,β-unsaturated/α-hetero) is 1. The van der Waals surface area contributed by atoms with Gasteiger partial charge in [-0.2, -0.15) is 0 Å². The van der Waals surface area contributed by atoms with Crippen molar-refractivity contribution in [3.63, 3.8) is 0 Å². The van der Waals surface area contributed by atoms with Crippen molar-refractivity contribution in [1.29, 1.82) is 0 Å². The van der Waals surface area contributed by atoms with Gasteiger partial charge in [0.1, 0.15) is 11.9 Å². The number of hydrogen-bond acceptors (Lipinski definition) is 7. The molecule has 0 spiro atoms. The van der Waals surface area contributed by atoms with E-state index in [1.807, 2.05) is 32.2 Å². The molecule has 6 nitrogen and oxygen atoms in total. The number of carbonyl (C=O) groups is 2. The molecule has 0 unspecified atom stereocenters. The van der Waals surface area contributed by atoms with Crippen molar-refractivity contribution in [1.82, 2.24) is 4.98 Å². The molecule has 1 fully saturated rings. The Morgan fingerprint density at radius 1 is 1.32 bits per heavy atom. The van der Waals surface area contributed by atoms with E-state index in [1.54, 1.807) is 38.2 Å². The summed E-state index contributed by atoms with van der Waals surface area (Å²) in [5.41, 5.74) is 0.449. The first kappa shape index (κ1) is 28.4. The van der Waals surface area contributed by atoms with E-state index >= 15 is 0 Å². The minimum Gasteiger partial charge on any atom is -0.457 e. The average molecular weight is 492 g/mol. The van der Waals surface area contributed by atoms with Crippen molar-refractivity contribution >= 4 is 29.2 Å². The minimum atomic E-state index is -1.22. The zero-order chi connectivity index (χ0) is 25.6. The third-order valence-corrected chi connectivity index (χ3v) is 7.94. The molecule has 1 heterocycles. The number of ketones is 1. The van der Waals surface area contributed by atoms with E-state index in [9.17, 15) is 19.8 Å². The summed E-state index contributed by atoms with van der Waals surface area (Å²) in [5, 5.41) is 24.9. The molecule has 1 aliphatic rings. The summed E-state index contributed by atoms with van der Waals surface area (Å²) in [6.45, 7) is 14.6. The quantitative estimate of drug-likeness (QED) is 0.423. The first-order chi connectivity index (χ1) is 15.9. The van der Waals surface area contributed by atoms with Crippen molar-refractivity contribution in [3.05, 3.63) is 34.3 Å². The normalized spacial score (nSPS) is 29.7. The third-order valence-electron chi connectivity index (χ3n) is 7.15. The van der Waals surface area contributed by atoms with Gasteiger partial charge >= 0.3 is 5.97 Å². The van der Waals surface area contributed by atoms with E-state index in [-0.39, 0.29) is 11.7 Å². The molecule has 2 rings (SSSR count).